The van der Waals surface area contributed by atoms with Crippen LogP contribution in [0.2, 0.25) is 5.02 Å². The number of hydrogen-bond donors (Lipinski definition) is 1. The van der Waals surface area contributed by atoms with E-state index in [1.54, 1.807) is 18.2 Å². The van der Waals surface area contributed by atoms with Crippen LogP contribution >= 0.6 is 11.6 Å². The molecule has 0 aliphatic carbocycles. The van der Waals surface area contributed by atoms with Gasteiger partial charge in [-0.2, -0.15) is 5.01 Å². The van der Waals surface area contributed by atoms with Crippen molar-refractivity contribution in [3.8, 4) is 0 Å². The summed E-state index contributed by atoms with van der Waals surface area (Å²) < 4.78 is 0. The van der Waals surface area contributed by atoms with Gasteiger partial charge in [-0.15, -0.1) is 0 Å². The molecule has 0 atom stereocenters. The Labute approximate surface area is 109 Å². The topological polar surface area (TPSA) is 66.5 Å². The first kappa shape index (κ1) is 12.6. The molecule has 18 heavy (non-hydrogen) atoms. The maximum atomic E-state index is 11.9. The molecule has 1 aliphatic heterocycles. The van der Waals surface area contributed by atoms with Crippen molar-refractivity contribution in [2.45, 2.75) is 19.3 Å². The molecule has 1 heterocycles. The first-order valence-corrected chi connectivity index (χ1v) is 5.88. The molecule has 0 saturated carbocycles. The minimum atomic E-state index is -0.566. The van der Waals surface area contributed by atoms with E-state index in [2.05, 4.69) is 5.43 Å². The van der Waals surface area contributed by atoms with Crippen molar-refractivity contribution in [1.29, 1.82) is 0 Å². The van der Waals surface area contributed by atoms with Gasteiger partial charge in [0.05, 0.1) is 10.6 Å². The molecule has 2 rings (SSSR count). The van der Waals surface area contributed by atoms with E-state index in [9.17, 15) is 14.4 Å². The Hall–Kier alpha value is -1.88. The standard InChI is InChI=1S/C12H11ClN2O3/c13-9-5-2-1-4-8(9)12(18)14-15-10(16)6-3-7-11(15)17/h1-2,4-5H,3,6-7H2,(H,14,18). The molecule has 1 fully saturated rings. The highest BCUT2D eigenvalue weighted by Gasteiger charge is 2.28. The summed E-state index contributed by atoms with van der Waals surface area (Å²) in [5, 5.41) is 1.04. The smallest absolute Gasteiger partial charge is 0.271 e. The Balaban J connectivity index is 2.14. The van der Waals surface area contributed by atoms with Crippen molar-refractivity contribution in [2.24, 2.45) is 0 Å². The largest absolute Gasteiger partial charge is 0.273 e. The third-order valence-electron chi connectivity index (χ3n) is 2.61. The van der Waals surface area contributed by atoms with E-state index in [4.69, 9.17) is 11.6 Å². The van der Waals surface area contributed by atoms with Crippen molar-refractivity contribution in [2.75, 3.05) is 0 Å². The molecule has 1 saturated heterocycles. The van der Waals surface area contributed by atoms with Crippen molar-refractivity contribution >= 4 is 29.3 Å². The first-order chi connectivity index (χ1) is 8.59. The summed E-state index contributed by atoms with van der Waals surface area (Å²) in [4.78, 5) is 34.9. The lowest BCUT2D eigenvalue weighted by Crippen LogP contribution is -2.51. The van der Waals surface area contributed by atoms with Crippen molar-refractivity contribution < 1.29 is 14.4 Å². The number of benzene rings is 1. The predicted octanol–water partition coefficient (Wildman–Crippen LogP) is 1.52. The number of rotatable bonds is 2. The normalized spacial score (nSPS) is 15.7. The molecule has 5 nitrogen and oxygen atoms in total. The van der Waals surface area contributed by atoms with Gasteiger partial charge in [-0.1, -0.05) is 23.7 Å². The minimum absolute atomic E-state index is 0.227. The molecule has 0 unspecified atom stereocenters. The average molecular weight is 267 g/mol. The van der Waals surface area contributed by atoms with E-state index < -0.39 is 17.7 Å². The number of carbonyl (C=O) groups excluding carboxylic acids is 3. The molecule has 3 amide bonds. The molecule has 0 aromatic heterocycles. The summed E-state index contributed by atoms with van der Waals surface area (Å²) in [6.45, 7) is 0. The van der Waals surface area contributed by atoms with E-state index in [1.807, 2.05) is 0 Å². The van der Waals surface area contributed by atoms with E-state index in [1.165, 1.54) is 6.07 Å². The zero-order valence-electron chi connectivity index (χ0n) is 9.48. The monoisotopic (exact) mass is 266 g/mol. The van der Waals surface area contributed by atoms with Crippen LogP contribution in [0.25, 0.3) is 0 Å². The highest BCUT2D eigenvalue weighted by Crippen LogP contribution is 2.16. The van der Waals surface area contributed by atoms with Gasteiger partial charge in [-0.05, 0) is 18.6 Å². The van der Waals surface area contributed by atoms with E-state index in [0.717, 1.165) is 5.01 Å². The number of nitrogens with one attached hydrogen (secondary N) is 1. The molecule has 0 bridgehead atoms. The summed E-state index contributed by atoms with van der Waals surface area (Å²) in [5.74, 6) is -1.36. The van der Waals surface area contributed by atoms with Crippen LogP contribution in [0.4, 0.5) is 0 Å². The van der Waals surface area contributed by atoms with Crippen LogP contribution < -0.4 is 5.43 Å². The summed E-state index contributed by atoms with van der Waals surface area (Å²) in [6.07, 6.45) is 1.04. The van der Waals surface area contributed by atoms with Crippen LogP contribution in [-0.2, 0) is 9.59 Å². The van der Waals surface area contributed by atoms with Crippen molar-refractivity contribution in [1.82, 2.24) is 10.4 Å². The summed E-state index contributed by atoms with van der Waals surface area (Å²) >= 11 is 5.86. The molecular formula is C12H11ClN2O3. The minimum Gasteiger partial charge on any atom is -0.273 e. The molecule has 1 N–H and O–H groups in total. The van der Waals surface area contributed by atoms with Crippen LogP contribution in [-0.4, -0.2) is 22.7 Å². The van der Waals surface area contributed by atoms with Gasteiger partial charge < -0.3 is 0 Å². The average Bonchev–Trinajstić information content (AvgIpc) is 2.34. The van der Waals surface area contributed by atoms with Crippen LogP contribution in [0.5, 0.6) is 0 Å². The maximum absolute atomic E-state index is 11.9. The number of hydrogen-bond acceptors (Lipinski definition) is 3. The van der Waals surface area contributed by atoms with Gasteiger partial charge >= 0.3 is 0 Å². The fourth-order valence-corrected chi connectivity index (χ4v) is 1.91. The van der Waals surface area contributed by atoms with Crippen LogP contribution in [0.3, 0.4) is 0 Å². The number of nitrogens with zero attached hydrogens (tertiary/aromatic N) is 1. The molecule has 1 aromatic carbocycles. The highest BCUT2D eigenvalue weighted by atomic mass is 35.5. The molecule has 0 radical (unpaired) electrons. The number of amides is 3. The second-order valence-corrected chi connectivity index (χ2v) is 4.30. The second-order valence-electron chi connectivity index (χ2n) is 3.90. The van der Waals surface area contributed by atoms with E-state index in [-0.39, 0.29) is 23.4 Å². The zero-order valence-corrected chi connectivity index (χ0v) is 10.2. The van der Waals surface area contributed by atoms with Gasteiger partial charge in [0.2, 0.25) is 11.8 Å². The number of halogens is 1. The first-order valence-electron chi connectivity index (χ1n) is 5.51. The van der Waals surface area contributed by atoms with Gasteiger partial charge in [-0.3, -0.25) is 19.8 Å². The molecule has 6 heteroatoms. The Morgan fingerprint density at radius 2 is 1.78 bits per heavy atom. The van der Waals surface area contributed by atoms with E-state index >= 15 is 0 Å². The quantitative estimate of drug-likeness (QED) is 0.826. The molecule has 94 valence electrons. The zero-order chi connectivity index (χ0) is 13.1. The van der Waals surface area contributed by atoms with Gasteiger partial charge in [0.25, 0.3) is 5.91 Å². The second kappa shape index (κ2) is 5.18. The third kappa shape index (κ3) is 2.51. The highest BCUT2D eigenvalue weighted by molar-refractivity contribution is 6.33. The van der Waals surface area contributed by atoms with Gasteiger partial charge in [0, 0.05) is 12.8 Å². The number of imide groups is 1. The summed E-state index contributed by atoms with van der Waals surface area (Å²) in [6, 6.07) is 6.43. The lowest BCUT2D eigenvalue weighted by Gasteiger charge is -2.24. The Bertz CT molecular complexity index is 500. The van der Waals surface area contributed by atoms with Crippen molar-refractivity contribution in [3.63, 3.8) is 0 Å². The Morgan fingerprint density at radius 1 is 1.17 bits per heavy atom. The van der Waals surface area contributed by atoms with Gasteiger partial charge in [0.15, 0.2) is 0 Å². The van der Waals surface area contributed by atoms with Crippen LogP contribution in [0.1, 0.15) is 29.6 Å². The molecule has 1 aliphatic rings. The third-order valence-corrected chi connectivity index (χ3v) is 2.94. The van der Waals surface area contributed by atoms with Crippen LogP contribution in [0.15, 0.2) is 24.3 Å². The van der Waals surface area contributed by atoms with E-state index in [0.29, 0.717) is 6.42 Å². The molecular weight excluding hydrogens is 256 g/mol. The van der Waals surface area contributed by atoms with Crippen LogP contribution in [0, 0.1) is 0 Å². The lowest BCUT2D eigenvalue weighted by atomic mass is 10.1. The summed E-state index contributed by atoms with van der Waals surface area (Å²) in [5.41, 5.74) is 2.51. The SMILES string of the molecule is O=C(NN1C(=O)CCCC1=O)c1ccccc1Cl. The summed E-state index contributed by atoms with van der Waals surface area (Å²) in [7, 11) is 0. The maximum Gasteiger partial charge on any atom is 0.271 e. The Morgan fingerprint density at radius 3 is 2.39 bits per heavy atom. The molecule has 1 aromatic rings. The number of hydrazine groups is 1. The van der Waals surface area contributed by atoms with Gasteiger partial charge in [-0.25, -0.2) is 0 Å². The lowest BCUT2D eigenvalue weighted by molar-refractivity contribution is -0.150. The Kier molecular flexibility index (Phi) is 3.62. The van der Waals surface area contributed by atoms with Crippen molar-refractivity contribution in [3.05, 3.63) is 34.9 Å². The van der Waals surface area contributed by atoms with Gasteiger partial charge in [0.1, 0.15) is 0 Å². The number of piperidine rings is 1. The fraction of sp³-hybridized carbons (Fsp3) is 0.250. The fourth-order valence-electron chi connectivity index (χ4n) is 1.69. The predicted molar refractivity (Wildman–Crippen MR) is 64.6 cm³/mol. The molecule has 0 spiro atoms. The number of carbonyl (C=O) groups is 3.